The molecule has 0 unspecified atom stereocenters. The number of likely N-dealkylation sites (N-methyl/N-ethyl adjacent to an activating group) is 1. The number of hydrogen-bond donors (Lipinski definition) is 2. The van der Waals surface area contributed by atoms with Gasteiger partial charge in [0.25, 0.3) is 21.8 Å². The summed E-state index contributed by atoms with van der Waals surface area (Å²) in [5.41, 5.74) is 1.86. The van der Waals surface area contributed by atoms with Gasteiger partial charge in [0.15, 0.2) is 0 Å². The number of urea groups is 1. The number of imide groups is 1. The van der Waals surface area contributed by atoms with Crippen LogP contribution in [0.15, 0.2) is 59.5 Å². The molecule has 0 radical (unpaired) electrons. The molecule has 12 heteroatoms. The number of carbonyl (C=O) groups excluding carboxylic acids is 3. The number of nitrogens with zero attached hydrogens (tertiary/aromatic N) is 3. The highest BCUT2D eigenvalue weighted by Gasteiger charge is 2.30. The van der Waals surface area contributed by atoms with Crippen LogP contribution in [0.25, 0.3) is 0 Å². The summed E-state index contributed by atoms with van der Waals surface area (Å²) in [5, 5.41) is 5.55. The lowest BCUT2D eigenvalue weighted by molar-refractivity contribution is 0.0956. The van der Waals surface area contributed by atoms with Crippen LogP contribution in [0.4, 0.5) is 15.5 Å². The van der Waals surface area contributed by atoms with E-state index in [1.807, 2.05) is 0 Å². The molecule has 4 amide bonds. The van der Waals surface area contributed by atoms with E-state index in [-0.39, 0.29) is 16.0 Å². The normalized spacial score (nSPS) is 13.3. The van der Waals surface area contributed by atoms with Crippen molar-refractivity contribution >= 4 is 49.9 Å². The molecule has 2 aromatic carbocycles. The van der Waals surface area contributed by atoms with Crippen LogP contribution in [0.3, 0.4) is 0 Å². The molecule has 1 aliphatic rings. The first-order valence-corrected chi connectivity index (χ1v) is 14.6. The lowest BCUT2D eigenvalue weighted by Gasteiger charge is -2.25. The minimum absolute atomic E-state index is 0.0407. The monoisotopic (exact) mass is 569 g/mol. The Morgan fingerprint density at radius 1 is 0.974 bits per heavy atom. The zero-order valence-electron chi connectivity index (χ0n) is 22.2. The Morgan fingerprint density at radius 3 is 2.26 bits per heavy atom. The molecule has 39 heavy (non-hydrogen) atoms. The van der Waals surface area contributed by atoms with Crippen LogP contribution in [0.1, 0.15) is 38.1 Å². The number of amides is 4. The lowest BCUT2D eigenvalue weighted by atomic mass is 10.0. The summed E-state index contributed by atoms with van der Waals surface area (Å²) >= 11 is 1.31. The first-order chi connectivity index (χ1) is 18.5. The van der Waals surface area contributed by atoms with Crippen LogP contribution in [0, 0.1) is 0 Å². The number of nitrogens with one attached hydrogen (secondary N) is 2. The van der Waals surface area contributed by atoms with Crippen molar-refractivity contribution in [3.05, 3.63) is 76.2 Å². The largest absolute Gasteiger partial charge is 0.331 e. The summed E-state index contributed by atoms with van der Waals surface area (Å²) < 4.78 is 27.3. The van der Waals surface area contributed by atoms with E-state index < -0.39 is 27.9 Å². The number of para-hydroxylation sites is 1. The number of sulfonamides is 1. The second kappa shape index (κ2) is 11.6. The maximum atomic E-state index is 13.2. The molecule has 0 saturated carbocycles. The van der Waals surface area contributed by atoms with E-state index in [9.17, 15) is 22.8 Å². The third-order valence-electron chi connectivity index (χ3n) is 6.56. The van der Waals surface area contributed by atoms with Crippen molar-refractivity contribution in [2.45, 2.75) is 24.8 Å². The standard InChI is InChI=1S/C27H31N5O5S2/c1-5-32-16-15-21-22(17-32)38-26(23(21)25(34)29-27(35)30(2)3)28-24(33)18-11-13-20(14-12-18)39(36,37)31(4)19-9-7-6-8-10-19/h6-14H,5,15-17H2,1-4H3,(H,28,33)(H,29,34,35). The fraction of sp³-hybridized carbons (Fsp3) is 0.296. The first-order valence-electron chi connectivity index (χ1n) is 12.4. The SMILES string of the molecule is CCN1CCc2c(sc(NC(=O)c3ccc(S(=O)(=O)N(C)c4ccccc4)cc3)c2C(=O)NC(=O)N(C)C)C1. The van der Waals surface area contributed by atoms with Crippen LogP contribution < -0.4 is 14.9 Å². The summed E-state index contributed by atoms with van der Waals surface area (Å²) in [6.07, 6.45) is 0.621. The summed E-state index contributed by atoms with van der Waals surface area (Å²) in [4.78, 5) is 43.0. The molecule has 206 valence electrons. The van der Waals surface area contributed by atoms with Gasteiger partial charge in [-0.1, -0.05) is 25.1 Å². The molecular weight excluding hydrogens is 538 g/mol. The lowest BCUT2D eigenvalue weighted by Crippen LogP contribution is -2.39. The van der Waals surface area contributed by atoms with Gasteiger partial charge >= 0.3 is 6.03 Å². The number of fused-ring (bicyclic) bond motifs is 1. The number of anilines is 2. The molecule has 0 atom stereocenters. The molecular formula is C27H31N5O5S2. The van der Waals surface area contributed by atoms with Gasteiger partial charge in [0.1, 0.15) is 5.00 Å². The highest BCUT2D eigenvalue weighted by Crippen LogP contribution is 2.37. The average molecular weight is 570 g/mol. The summed E-state index contributed by atoms with van der Waals surface area (Å²) in [5.74, 6) is -1.06. The van der Waals surface area contributed by atoms with Crippen molar-refractivity contribution in [2.24, 2.45) is 0 Å². The van der Waals surface area contributed by atoms with Crippen LogP contribution in [-0.4, -0.2) is 70.3 Å². The molecule has 3 aromatic rings. The second-order valence-electron chi connectivity index (χ2n) is 9.27. The van der Waals surface area contributed by atoms with Gasteiger partial charge in [-0.2, -0.15) is 0 Å². The zero-order chi connectivity index (χ0) is 28.3. The number of thiophene rings is 1. The molecule has 4 rings (SSSR count). The first kappa shape index (κ1) is 28.3. The molecule has 0 saturated heterocycles. The van der Waals surface area contributed by atoms with Crippen LogP contribution in [0.5, 0.6) is 0 Å². The minimum atomic E-state index is -3.83. The smallest absolute Gasteiger partial charge is 0.323 e. The van der Waals surface area contributed by atoms with Crippen molar-refractivity contribution in [1.82, 2.24) is 15.1 Å². The molecule has 0 aliphatic carbocycles. The third kappa shape index (κ3) is 5.97. The fourth-order valence-electron chi connectivity index (χ4n) is 4.21. The van der Waals surface area contributed by atoms with E-state index >= 15 is 0 Å². The third-order valence-corrected chi connectivity index (χ3v) is 9.49. The Balaban J connectivity index is 1.58. The van der Waals surface area contributed by atoms with Gasteiger partial charge in [-0.3, -0.25) is 24.1 Å². The quantitative estimate of drug-likeness (QED) is 0.449. The van der Waals surface area contributed by atoms with Gasteiger partial charge in [0.05, 0.1) is 16.1 Å². The van der Waals surface area contributed by atoms with Crippen molar-refractivity contribution in [2.75, 3.05) is 43.9 Å². The van der Waals surface area contributed by atoms with Crippen molar-refractivity contribution < 1.29 is 22.8 Å². The minimum Gasteiger partial charge on any atom is -0.331 e. The summed E-state index contributed by atoms with van der Waals surface area (Å²) in [6, 6.07) is 13.8. The summed E-state index contributed by atoms with van der Waals surface area (Å²) in [6.45, 7) is 4.33. The number of carbonyl (C=O) groups is 3. The molecule has 2 heterocycles. The van der Waals surface area contributed by atoms with Crippen molar-refractivity contribution in [3.63, 3.8) is 0 Å². The topological polar surface area (TPSA) is 119 Å². The summed E-state index contributed by atoms with van der Waals surface area (Å²) in [7, 11) is 0.713. The van der Waals surface area contributed by atoms with E-state index in [4.69, 9.17) is 0 Å². The van der Waals surface area contributed by atoms with Crippen molar-refractivity contribution in [3.8, 4) is 0 Å². The molecule has 0 spiro atoms. The Kier molecular flexibility index (Phi) is 8.38. The van der Waals surface area contributed by atoms with E-state index in [1.165, 1.54) is 66.0 Å². The molecule has 1 aromatic heterocycles. The second-order valence-corrected chi connectivity index (χ2v) is 12.3. The van der Waals surface area contributed by atoms with E-state index in [0.29, 0.717) is 23.7 Å². The molecule has 0 bridgehead atoms. The molecule has 10 nitrogen and oxygen atoms in total. The Morgan fingerprint density at radius 2 is 1.64 bits per heavy atom. The van der Waals surface area contributed by atoms with Gasteiger partial charge < -0.3 is 10.2 Å². The van der Waals surface area contributed by atoms with Crippen LogP contribution >= 0.6 is 11.3 Å². The number of rotatable bonds is 7. The highest BCUT2D eigenvalue weighted by molar-refractivity contribution is 7.92. The van der Waals surface area contributed by atoms with Crippen LogP contribution in [0.2, 0.25) is 0 Å². The highest BCUT2D eigenvalue weighted by atomic mass is 32.2. The van der Waals surface area contributed by atoms with Gasteiger partial charge in [-0.25, -0.2) is 13.2 Å². The fourth-order valence-corrected chi connectivity index (χ4v) is 6.69. The van der Waals surface area contributed by atoms with E-state index in [0.717, 1.165) is 23.5 Å². The predicted molar refractivity (Wildman–Crippen MR) is 152 cm³/mol. The molecule has 0 fully saturated rings. The maximum absolute atomic E-state index is 13.2. The van der Waals surface area contributed by atoms with Gasteiger partial charge in [0.2, 0.25) is 0 Å². The number of hydrogen-bond acceptors (Lipinski definition) is 7. The Labute approximate surface area is 232 Å². The molecule has 2 N–H and O–H groups in total. The van der Waals surface area contributed by atoms with Crippen LogP contribution in [-0.2, 0) is 23.0 Å². The van der Waals surface area contributed by atoms with E-state index in [1.54, 1.807) is 30.3 Å². The maximum Gasteiger partial charge on any atom is 0.323 e. The Bertz CT molecular complexity index is 1480. The Hall–Kier alpha value is -3.74. The number of benzene rings is 2. The van der Waals surface area contributed by atoms with Crippen molar-refractivity contribution in [1.29, 1.82) is 0 Å². The zero-order valence-corrected chi connectivity index (χ0v) is 23.9. The molecule has 1 aliphatic heterocycles. The van der Waals surface area contributed by atoms with Gasteiger partial charge in [0, 0.05) is 44.7 Å². The van der Waals surface area contributed by atoms with Gasteiger partial charge in [-0.15, -0.1) is 11.3 Å². The van der Waals surface area contributed by atoms with E-state index in [2.05, 4.69) is 22.5 Å². The van der Waals surface area contributed by atoms with Gasteiger partial charge in [-0.05, 0) is 54.9 Å². The predicted octanol–water partition coefficient (Wildman–Crippen LogP) is 3.61. The average Bonchev–Trinajstić information content (AvgIpc) is 3.29.